The van der Waals surface area contributed by atoms with Crippen molar-refractivity contribution in [2.75, 3.05) is 5.32 Å². The van der Waals surface area contributed by atoms with E-state index >= 15 is 0 Å². The Morgan fingerprint density at radius 2 is 2.17 bits per heavy atom. The number of ketones is 1. The second-order valence-electron chi connectivity index (χ2n) is 4.15. The van der Waals surface area contributed by atoms with E-state index in [1.165, 1.54) is 11.5 Å². The third-order valence-electron chi connectivity index (χ3n) is 2.59. The molecule has 0 bridgehead atoms. The van der Waals surface area contributed by atoms with Crippen LogP contribution in [0.25, 0.3) is 0 Å². The van der Waals surface area contributed by atoms with Gasteiger partial charge in [0.25, 0.3) is 0 Å². The topological polar surface area (TPSA) is 54.9 Å². The molecule has 0 spiro atoms. The first-order valence-corrected chi connectivity index (χ1v) is 6.49. The van der Waals surface area contributed by atoms with Crippen molar-refractivity contribution in [1.29, 1.82) is 0 Å². The van der Waals surface area contributed by atoms with Gasteiger partial charge in [0, 0.05) is 5.69 Å². The second-order valence-corrected chi connectivity index (χ2v) is 4.93. The summed E-state index contributed by atoms with van der Waals surface area (Å²) in [5.41, 5.74) is 3.41. The van der Waals surface area contributed by atoms with Gasteiger partial charge in [0.1, 0.15) is 5.00 Å². The van der Waals surface area contributed by atoms with E-state index in [9.17, 15) is 4.79 Å². The third-order valence-corrected chi connectivity index (χ3v) is 3.49. The van der Waals surface area contributed by atoms with Gasteiger partial charge >= 0.3 is 0 Å². The van der Waals surface area contributed by atoms with Gasteiger partial charge in [-0.05, 0) is 44.4 Å². The first-order chi connectivity index (χ1) is 8.58. The Labute approximate surface area is 110 Å². The van der Waals surface area contributed by atoms with Crippen LogP contribution in [0.5, 0.6) is 0 Å². The number of aromatic nitrogens is 2. The summed E-state index contributed by atoms with van der Waals surface area (Å²) in [5, 5.41) is 4.05. The first-order valence-electron chi connectivity index (χ1n) is 5.71. The third kappa shape index (κ3) is 2.73. The van der Waals surface area contributed by atoms with Crippen LogP contribution < -0.4 is 5.32 Å². The van der Waals surface area contributed by atoms with E-state index in [4.69, 9.17) is 0 Å². The molecular weight excluding hydrogens is 246 g/mol. The number of hydrogen-bond donors (Lipinski definition) is 1. The molecule has 2 aromatic heterocycles. The van der Waals surface area contributed by atoms with Crippen LogP contribution in [-0.2, 0) is 6.54 Å². The molecule has 0 unspecified atom stereocenters. The van der Waals surface area contributed by atoms with Crippen molar-refractivity contribution in [2.45, 2.75) is 27.3 Å². The summed E-state index contributed by atoms with van der Waals surface area (Å²) in [7, 11) is 0. The van der Waals surface area contributed by atoms with Crippen LogP contribution >= 0.6 is 11.5 Å². The zero-order valence-electron chi connectivity index (χ0n) is 10.7. The number of rotatable bonds is 4. The second kappa shape index (κ2) is 5.27. The standard InChI is InChI=1S/C13H15N3OS/c1-8-5-4-6-11(15-8)7-14-13-12(10(3)17)9(2)16-18-13/h4-6,14H,7H2,1-3H3. The van der Waals surface area contributed by atoms with Gasteiger partial charge in [-0.2, -0.15) is 4.37 Å². The quantitative estimate of drug-likeness (QED) is 0.860. The highest BCUT2D eigenvalue weighted by atomic mass is 32.1. The summed E-state index contributed by atoms with van der Waals surface area (Å²) < 4.78 is 4.21. The predicted molar refractivity (Wildman–Crippen MR) is 73.2 cm³/mol. The highest BCUT2D eigenvalue weighted by molar-refractivity contribution is 7.10. The molecular formula is C13H15N3OS. The van der Waals surface area contributed by atoms with Gasteiger partial charge < -0.3 is 5.32 Å². The summed E-state index contributed by atoms with van der Waals surface area (Å²) in [6.45, 7) is 5.97. The van der Waals surface area contributed by atoms with Gasteiger partial charge in [-0.1, -0.05) is 6.07 Å². The van der Waals surface area contributed by atoms with Gasteiger partial charge in [0.15, 0.2) is 5.78 Å². The average molecular weight is 261 g/mol. The van der Waals surface area contributed by atoms with Crippen LogP contribution in [0.2, 0.25) is 0 Å². The average Bonchev–Trinajstić information content (AvgIpc) is 2.68. The molecule has 1 N–H and O–H groups in total. The Bertz CT molecular complexity index is 577. The van der Waals surface area contributed by atoms with E-state index in [-0.39, 0.29) is 5.78 Å². The van der Waals surface area contributed by atoms with Crippen LogP contribution in [0.4, 0.5) is 5.00 Å². The molecule has 0 fully saturated rings. The van der Waals surface area contributed by atoms with E-state index in [0.717, 1.165) is 22.1 Å². The minimum absolute atomic E-state index is 0.0425. The Kier molecular flexibility index (Phi) is 3.72. The molecule has 0 aliphatic heterocycles. The van der Waals surface area contributed by atoms with Crippen molar-refractivity contribution in [3.63, 3.8) is 0 Å². The number of nitrogens with zero attached hydrogens (tertiary/aromatic N) is 2. The molecule has 2 aromatic rings. The zero-order valence-corrected chi connectivity index (χ0v) is 11.5. The number of pyridine rings is 1. The number of hydrogen-bond acceptors (Lipinski definition) is 5. The lowest BCUT2D eigenvalue weighted by Crippen LogP contribution is -2.04. The fourth-order valence-corrected chi connectivity index (χ4v) is 2.61. The number of Topliss-reactive ketones (excluding diaryl/α,β-unsaturated/α-hetero) is 1. The molecule has 18 heavy (non-hydrogen) atoms. The van der Waals surface area contributed by atoms with E-state index in [1.807, 2.05) is 32.0 Å². The summed E-state index contributed by atoms with van der Waals surface area (Å²) in [6.07, 6.45) is 0. The predicted octanol–water partition coefficient (Wildman–Crippen LogP) is 2.97. The smallest absolute Gasteiger partial charge is 0.164 e. The molecule has 0 aliphatic carbocycles. The van der Waals surface area contributed by atoms with Crippen molar-refractivity contribution in [3.8, 4) is 0 Å². The number of nitrogens with one attached hydrogen (secondary N) is 1. The summed E-state index contributed by atoms with van der Waals surface area (Å²) >= 11 is 1.32. The van der Waals surface area contributed by atoms with Crippen molar-refractivity contribution in [3.05, 3.63) is 40.8 Å². The minimum atomic E-state index is 0.0425. The molecule has 0 saturated heterocycles. The zero-order chi connectivity index (χ0) is 13.1. The molecule has 2 heterocycles. The van der Waals surface area contributed by atoms with Crippen LogP contribution in [0.1, 0.15) is 34.4 Å². The number of anilines is 1. The van der Waals surface area contributed by atoms with E-state index in [2.05, 4.69) is 14.7 Å². The highest BCUT2D eigenvalue weighted by Gasteiger charge is 2.14. The van der Waals surface area contributed by atoms with Gasteiger partial charge in [0.05, 0.1) is 23.5 Å². The van der Waals surface area contributed by atoms with Crippen molar-refractivity contribution in [1.82, 2.24) is 9.36 Å². The van der Waals surface area contributed by atoms with Crippen LogP contribution in [-0.4, -0.2) is 15.1 Å². The molecule has 94 valence electrons. The maximum absolute atomic E-state index is 11.5. The molecule has 2 rings (SSSR count). The van der Waals surface area contributed by atoms with Crippen LogP contribution in [0, 0.1) is 13.8 Å². The normalized spacial score (nSPS) is 10.4. The van der Waals surface area contributed by atoms with E-state index in [1.54, 1.807) is 6.92 Å². The Balaban J connectivity index is 2.13. The fraction of sp³-hybridized carbons (Fsp3) is 0.308. The molecule has 0 radical (unpaired) electrons. The Morgan fingerprint density at radius 3 is 2.83 bits per heavy atom. The molecule has 0 amide bonds. The monoisotopic (exact) mass is 261 g/mol. The Hall–Kier alpha value is -1.75. The molecule has 5 heteroatoms. The molecule has 0 aliphatic rings. The number of carbonyl (C=O) groups excluding carboxylic acids is 1. The van der Waals surface area contributed by atoms with Crippen molar-refractivity contribution >= 4 is 22.3 Å². The summed E-state index contributed by atoms with van der Waals surface area (Å²) in [4.78, 5) is 15.9. The lowest BCUT2D eigenvalue weighted by Gasteiger charge is -2.05. The molecule has 0 aromatic carbocycles. The molecule has 4 nitrogen and oxygen atoms in total. The summed E-state index contributed by atoms with van der Waals surface area (Å²) in [6, 6.07) is 5.89. The maximum Gasteiger partial charge on any atom is 0.164 e. The van der Waals surface area contributed by atoms with Crippen molar-refractivity contribution < 1.29 is 4.79 Å². The van der Waals surface area contributed by atoms with Crippen LogP contribution in [0.3, 0.4) is 0 Å². The minimum Gasteiger partial charge on any atom is -0.369 e. The largest absolute Gasteiger partial charge is 0.369 e. The van der Waals surface area contributed by atoms with Crippen LogP contribution in [0.15, 0.2) is 18.2 Å². The van der Waals surface area contributed by atoms with Crippen molar-refractivity contribution in [2.24, 2.45) is 0 Å². The van der Waals surface area contributed by atoms with E-state index < -0.39 is 0 Å². The van der Waals surface area contributed by atoms with E-state index in [0.29, 0.717) is 12.1 Å². The lowest BCUT2D eigenvalue weighted by atomic mass is 10.2. The lowest BCUT2D eigenvalue weighted by molar-refractivity contribution is 0.101. The highest BCUT2D eigenvalue weighted by Crippen LogP contribution is 2.25. The summed E-state index contributed by atoms with van der Waals surface area (Å²) in [5.74, 6) is 0.0425. The van der Waals surface area contributed by atoms with Gasteiger partial charge in [-0.15, -0.1) is 0 Å². The number of aryl methyl sites for hydroxylation is 2. The number of carbonyl (C=O) groups is 1. The maximum atomic E-state index is 11.5. The fourth-order valence-electron chi connectivity index (χ4n) is 1.77. The van der Waals surface area contributed by atoms with Gasteiger partial charge in [0.2, 0.25) is 0 Å². The SMILES string of the molecule is CC(=O)c1c(C)nsc1NCc1cccc(C)n1. The first kappa shape index (κ1) is 12.7. The Morgan fingerprint density at radius 1 is 1.39 bits per heavy atom. The molecule has 0 saturated carbocycles. The van der Waals surface area contributed by atoms with Gasteiger partial charge in [-0.25, -0.2) is 0 Å². The van der Waals surface area contributed by atoms with Gasteiger partial charge in [-0.3, -0.25) is 9.78 Å². The molecule has 0 atom stereocenters.